The number of hydrogen-bond acceptors (Lipinski definition) is 18. The Morgan fingerprint density at radius 2 is 0.716 bits per heavy atom. The summed E-state index contributed by atoms with van der Waals surface area (Å²) in [6, 6.07) is -0.879. The van der Waals surface area contributed by atoms with Gasteiger partial charge in [-0.3, -0.25) is 4.79 Å². The summed E-state index contributed by atoms with van der Waals surface area (Å²) in [5.41, 5.74) is 0. The third-order valence-electron chi connectivity index (χ3n) is 18.3. The predicted molar refractivity (Wildman–Crippen MR) is 342 cm³/mol. The minimum absolute atomic E-state index is 0.243. The quantitative estimate of drug-likeness (QED) is 0.0199. The second-order valence-corrected chi connectivity index (χ2v) is 26.1. The van der Waals surface area contributed by atoms with E-state index in [-0.39, 0.29) is 18.9 Å². The zero-order valence-electron chi connectivity index (χ0n) is 55.0. The molecule has 17 atom stereocenters. The summed E-state index contributed by atoms with van der Waals surface area (Å²) in [6.07, 6.45) is 31.2. The zero-order chi connectivity index (χ0) is 64.0. The van der Waals surface area contributed by atoms with Crippen molar-refractivity contribution in [3.05, 3.63) is 12.2 Å². The second kappa shape index (κ2) is 51.9. The van der Waals surface area contributed by atoms with Gasteiger partial charge in [0.2, 0.25) is 5.91 Å². The molecule has 3 saturated heterocycles. The van der Waals surface area contributed by atoms with Crippen LogP contribution in [-0.4, -0.2) is 193 Å². The lowest BCUT2D eigenvalue weighted by Gasteiger charge is -2.48. The highest BCUT2D eigenvalue weighted by Gasteiger charge is 2.53. The molecule has 88 heavy (non-hydrogen) atoms. The molecule has 3 heterocycles. The maximum absolute atomic E-state index is 13.3. The van der Waals surface area contributed by atoms with Crippen molar-refractivity contribution in [1.29, 1.82) is 0 Å². The van der Waals surface area contributed by atoms with E-state index in [0.717, 1.165) is 57.8 Å². The number of allylic oxidation sites excluding steroid dienone is 2. The number of aliphatic hydroxyl groups is 11. The Bertz CT molecular complexity index is 1650. The Labute approximate surface area is 531 Å². The average Bonchev–Trinajstić information content (AvgIpc) is 0.949. The topological polar surface area (TPSA) is 307 Å². The number of aliphatic hydroxyl groups excluding tert-OH is 11. The van der Waals surface area contributed by atoms with Crippen LogP contribution in [0.2, 0.25) is 0 Å². The van der Waals surface area contributed by atoms with E-state index in [9.17, 15) is 61.0 Å². The van der Waals surface area contributed by atoms with E-state index in [2.05, 4.69) is 31.3 Å². The van der Waals surface area contributed by atoms with Gasteiger partial charge in [0, 0.05) is 6.42 Å². The molecule has 12 N–H and O–H groups in total. The van der Waals surface area contributed by atoms with Gasteiger partial charge in [0.15, 0.2) is 18.9 Å². The van der Waals surface area contributed by atoms with Crippen molar-refractivity contribution in [1.82, 2.24) is 5.32 Å². The number of nitrogens with one attached hydrogen (secondary N) is 1. The van der Waals surface area contributed by atoms with E-state index in [1.165, 1.54) is 199 Å². The molecule has 0 saturated carbocycles. The van der Waals surface area contributed by atoms with Gasteiger partial charge in [-0.1, -0.05) is 257 Å². The number of rotatable bonds is 56. The molecule has 1 amide bonds. The Morgan fingerprint density at radius 3 is 1.10 bits per heavy atom. The highest BCUT2D eigenvalue weighted by molar-refractivity contribution is 5.76. The number of hydrogen-bond donors (Lipinski definition) is 12. The predicted octanol–water partition coefficient (Wildman–Crippen LogP) is 9.67. The maximum Gasteiger partial charge on any atom is 0.220 e. The monoisotopic (exact) mass is 1260 g/mol. The molecule has 3 rings (SSSR count). The van der Waals surface area contributed by atoms with Crippen LogP contribution in [-0.2, 0) is 33.2 Å². The van der Waals surface area contributed by atoms with Gasteiger partial charge in [-0.15, -0.1) is 0 Å². The van der Waals surface area contributed by atoms with E-state index in [1.54, 1.807) is 0 Å². The number of carbonyl (C=O) groups is 1. The fourth-order valence-corrected chi connectivity index (χ4v) is 12.5. The van der Waals surface area contributed by atoms with Gasteiger partial charge in [0.05, 0.1) is 38.6 Å². The van der Waals surface area contributed by atoms with E-state index in [0.29, 0.717) is 12.8 Å². The second-order valence-electron chi connectivity index (χ2n) is 26.1. The minimum Gasteiger partial charge on any atom is -0.394 e. The summed E-state index contributed by atoms with van der Waals surface area (Å²) in [7, 11) is 0. The Hall–Kier alpha value is -1.47. The molecule has 520 valence electrons. The highest BCUT2D eigenvalue weighted by atomic mass is 16.8. The third-order valence-corrected chi connectivity index (χ3v) is 18.3. The van der Waals surface area contributed by atoms with Crippen molar-refractivity contribution in [3.8, 4) is 0 Å². The van der Waals surface area contributed by atoms with Crippen molar-refractivity contribution < 1.29 is 89.4 Å². The van der Waals surface area contributed by atoms with Crippen LogP contribution in [0.1, 0.15) is 290 Å². The Balaban J connectivity index is 1.23. The van der Waals surface area contributed by atoms with Crippen LogP contribution in [0.4, 0.5) is 0 Å². The Morgan fingerprint density at radius 1 is 0.398 bits per heavy atom. The fourth-order valence-electron chi connectivity index (χ4n) is 12.5. The first kappa shape index (κ1) is 80.8. The summed E-state index contributed by atoms with van der Waals surface area (Å²) in [4.78, 5) is 13.3. The van der Waals surface area contributed by atoms with Gasteiger partial charge in [-0.25, -0.2) is 0 Å². The summed E-state index contributed by atoms with van der Waals surface area (Å²) in [5.74, 6) is -0.243. The summed E-state index contributed by atoms with van der Waals surface area (Å²) < 4.78 is 34.2. The van der Waals surface area contributed by atoms with Crippen molar-refractivity contribution >= 4 is 5.91 Å². The SMILES string of the molecule is CCCCCCCCCC/C=C\CCCCCCCCCCCCCCCCCCCCCCCCCCCC(=O)NC(COC1OC(CO)C(OC2OC(CO)C(OC3OC(CO)C(O)C(O)C3O)C(O)C2O)C(O)C1O)C(O)CCCCCCCC. The molecule has 3 aliphatic heterocycles. The molecule has 3 aliphatic rings. The molecule has 0 aromatic rings. The third kappa shape index (κ3) is 33.6. The number of unbranched alkanes of at least 4 members (excludes halogenated alkanes) is 38. The molecule has 3 fully saturated rings. The lowest BCUT2D eigenvalue weighted by Crippen LogP contribution is -2.66. The molecule has 0 spiro atoms. The van der Waals surface area contributed by atoms with Crippen LogP contribution in [0.15, 0.2) is 12.2 Å². The Kier molecular flexibility index (Phi) is 47.6. The number of amides is 1. The van der Waals surface area contributed by atoms with Gasteiger partial charge >= 0.3 is 0 Å². The van der Waals surface area contributed by atoms with Crippen LogP contribution in [0.3, 0.4) is 0 Å². The molecule has 19 heteroatoms. The normalized spacial score (nSPS) is 28.4. The van der Waals surface area contributed by atoms with Gasteiger partial charge < -0.3 is 89.9 Å². The first-order valence-corrected chi connectivity index (χ1v) is 35.9. The van der Waals surface area contributed by atoms with Gasteiger partial charge in [-0.2, -0.15) is 0 Å². The molecule has 17 unspecified atom stereocenters. The van der Waals surface area contributed by atoms with Gasteiger partial charge in [0.25, 0.3) is 0 Å². The lowest BCUT2D eigenvalue weighted by molar-refractivity contribution is -0.379. The molecule has 0 aromatic carbocycles. The molecule has 0 bridgehead atoms. The molecule has 0 radical (unpaired) electrons. The van der Waals surface area contributed by atoms with Crippen molar-refractivity contribution in [2.75, 3.05) is 26.4 Å². The van der Waals surface area contributed by atoms with Crippen LogP contribution in [0, 0.1) is 0 Å². The fraction of sp³-hybridized carbons (Fsp3) is 0.957. The largest absolute Gasteiger partial charge is 0.394 e. The van der Waals surface area contributed by atoms with Gasteiger partial charge in [-0.05, 0) is 38.5 Å². The molecule has 19 nitrogen and oxygen atoms in total. The number of ether oxygens (including phenoxy) is 6. The molecular weight excluding hydrogens is 1130 g/mol. The first-order valence-electron chi connectivity index (χ1n) is 35.9. The average molecular weight is 1260 g/mol. The number of carbonyl (C=O) groups excluding carboxylic acids is 1. The van der Waals surface area contributed by atoms with Crippen molar-refractivity contribution in [3.63, 3.8) is 0 Å². The van der Waals surface area contributed by atoms with Crippen molar-refractivity contribution in [2.45, 2.75) is 394 Å². The first-order chi connectivity index (χ1) is 42.8. The summed E-state index contributed by atoms with van der Waals surface area (Å²) in [6.45, 7) is 1.73. The summed E-state index contributed by atoms with van der Waals surface area (Å²) in [5, 5.41) is 120. The zero-order valence-corrected chi connectivity index (χ0v) is 55.0. The lowest BCUT2D eigenvalue weighted by atomic mass is 9.96. The molecule has 0 aliphatic carbocycles. The van der Waals surface area contributed by atoms with Crippen molar-refractivity contribution in [2.24, 2.45) is 0 Å². The van der Waals surface area contributed by atoms with Crippen LogP contribution >= 0.6 is 0 Å². The van der Waals surface area contributed by atoms with Crippen LogP contribution < -0.4 is 5.32 Å². The smallest absolute Gasteiger partial charge is 0.220 e. The van der Waals surface area contributed by atoms with E-state index in [1.807, 2.05) is 0 Å². The molecule has 0 aromatic heterocycles. The summed E-state index contributed by atoms with van der Waals surface area (Å²) >= 11 is 0. The maximum atomic E-state index is 13.3. The minimum atomic E-state index is -1.97. The van der Waals surface area contributed by atoms with E-state index in [4.69, 9.17) is 28.4 Å². The standard InChI is InChI=1S/C69H131NO18/c1-3-5-7-9-11-12-13-14-15-16-17-18-19-20-21-22-23-24-25-26-27-28-29-30-31-32-33-34-35-36-37-38-39-40-41-43-45-47-57(75)70-52(53(74)46-44-42-10-8-6-4-2)51-83-67-63(81)60(78)65(55(49-72)85-67)88-69-64(82)61(79)66(56(50-73)86-69)87-68-62(80)59(77)58(76)54(48-71)84-68/h16-17,52-56,58-69,71-74,76-82H,3-15,18-51H2,1-2H3,(H,70,75)/b17-16-. The van der Waals surface area contributed by atoms with Gasteiger partial charge in [0.1, 0.15) is 73.2 Å². The van der Waals surface area contributed by atoms with E-state index < -0.39 is 124 Å². The van der Waals surface area contributed by atoms with Crippen LogP contribution in [0.25, 0.3) is 0 Å². The molecular formula is C69H131NO18. The highest BCUT2D eigenvalue weighted by Crippen LogP contribution is 2.33. The van der Waals surface area contributed by atoms with E-state index >= 15 is 0 Å². The van der Waals surface area contributed by atoms with Crippen LogP contribution in [0.5, 0.6) is 0 Å².